The molecular formula is C15H22N2O2. The van der Waals surface area contributed by atoms with Crippen molar-refractivity contribution in [3.8, 4) is 5.75 Å². The van der Waals surface area contributed by atoms with Crippen molar-refractivity contribution < 1.29 is 9.53 Å². The summed E-state index contributed by atoms with van der Waals surface area (Å²) in [7, 11) is 1.84. The van der Waals surface area contributed by atoms with Crippen molar-refractivity contribution in [2.45, 2.75) is 32.4 Å². The van der Waals surface area contributed by atoms with Crippen molar-refractivity contribution in [1.82, 2.24) is 10.2 Å². The van der Waals surface area contributed by atoms with E-state index in [9.17, 15) is 4.79 Å². The zero-order chi connectivity index (χ0) is 13.8. The van der Waals surface area contributed by atoms with Crippen LogP contribution in [-0.2, 0) is 4.79 Å². The molecule has 4 heteroatoms. The van der Waals surface area contributed by atoms with E-state index in [0.717, 1.165) is 18.7 Å². The second-order valence-corrected chi connectivity index (χ2v) is 5.29. The van der Waals surface area contributed by atoms with Gasteiger partial charge in [-0.15, -0.1) is 0 Å². The van der Waals surface area contributed by atoms with Gasteiger partial charge in [0.2, 0.25) is 5.91 Å². The summed E-state index contributed by atoms with van der Waals surface area (Å²) in [5.41, 5.74) is 1.22. The van der Waals surface area contributed by atoms with E-state index in [1.54, 1.807) is 4.90 Å². The normalized spacial score (nSPS) is 20.7. The number of ether oxygens (including phenoxy) is 1. The minimum Gasteiger partial charge on any atom is -0.492 e. The van der Waals surface area contributed by atoms with Crippen molar-refractivity contribution >= 4 is 5.91 Å². The van der Waals surface area contributed by atoms with Crippen molar-refractivity contribution in [3.63, 3.8) is 0 Å². The SMILES string of the molecule is Cc1ccc(OCC(C)NC2CCN(C)C2=O)cc1. The van der Waals surface area contributed by atoms with Gasteiger partial charge >= 0.3 is 0 Å². The number of amides is 1. The monoisotopic (exact) mass is 262 g/mol. The van der Waals surface area contributed by atoms with Gasteiger partial charge < -0.3 is 9.64 Å². The molecule has 2 atom stereocenters. The van der Waals surface area contributed by atoms with Crippen molar-refractivity contribution in [3.05, 3.63) is 29.8 Å². The summed E-state index contributed by atoms with van der Waals surface area (Å²) >= 11 is 0. The molecule has 1 aliphatic heterocycles. The number of benzene rings is 1. The molecule has 0 aliphatic carbocycles. The minimum absolute atomic E-state index is 0.0541. The van der Waals surface area contributed by atoms with Crippen LogP contribution in [0, 0.1) is 6.92 Å². The Labute approximate surface area is 114 Å². The molecule has 0 radical (unpaired) electrons. The van der Waals surface area contributed by atoms with E-state index in [2.05, 4.69) is 12.2 Å². The van der Waals surface area contributed by atoms with Crippen molar-refractivity contribution in [1.29, 1.82) is 0 Å². The average molecular weight is 262 g/mol. The summed E-state index contributed by atoms with van der Waals surface area (Å²) in [5, 5.41) is 3.32. The van der Waals surface area contributed by atoms with E-state index < -0.39 is 0 Å². The molecule has 1 aromatic carbocycles. The van der Waals surface area contributed by atoms with Gasteiger partial charge in [0.05, 0.1) is 6.04 Å². The Morgan fingerprint density at radius 3 is 2.68 bits per heavy atom. The number of carbonyl (C=O) groups is 1. The summed E-state index contributed by atoms with van der Waals surface area (Å²) in [6.45, 7) is 5.49. The highest BCUT2D eigenvalue weighted by Crippen LogP contribution is 2.13. The second-order valence-electron chi connectivity index (χ2n) is 5.29. The van der Waals surface area contributed by atoms with E-state index in [-0.39, 0.29) is 18.0 Å². The number of nitrogens with zero attached hydrogens (tertiary/aromatic N) is 1. The first kappa shape index (κ1) is 13.9. The van der Waals surface area contributed by atoms with Gasteiger partial charge in [-0.2, -0.15) is 0 Å². The molecule has 1 N–H and O–H groups in total. The number of likely N-dealkylation sites (tertiary alicyclic amines) is 1. The summed E-state index contributed by atoms with van der Waals surface area (Å²) in [4.78, 5) is 13.5. The first-order valence-corrected chi connectivity index (χ1v) is 6.77. The first-order chi connectivity index (χ1) is 9.06. The zero-order valence-corrected chi connectivity index (χ0v) is 11.8. The number of rotatable bonds is 5. The number of carbonyl (C=O) groups excluding carboxylic acids is 1. The quantitative estimate of drug-likeness (QED) is 0.876. The smallest absolute Gasteiger partial charge is 0.239 e. The van der Waals surface area contributed by atoms with E-state index >= 15 is 0 Å². The molecule has 2 unspecified atom stereocenters. The van der Waals surface area contributed by atoms with Gasteiger partial charge in [0.15, 0.2) is 0 Å². The Morgan fingerprint density at radius 1 is 1.42 bits per heavy atom. The summed E-state index contributed by atoms with van der Waals surface area (Å²) in [5.74, 6) is 1.05. The van der Waals surface area contributed by atoms with Crippen LogP contribution < -0.4 is 10.1 Å². The van der Waals surface area contributed by atoms with Gasteiger partial charge in [-0.3, -0.25) is 10.1 Å². The van der Waals surface area contributed by atoms with Crippen LogP contribution >= 0.6 is 0 Å². The molecule has 0 saturated carbocycles. The molecule has 0 spiro atoms. The standard InChI is InChI=1S/C15H22N2O2/c1-11-4-6-13(7-5-11)19-10-12(2)16-14-8-9-17(3)15(14)18/h4-7,12,14,16H,8-10H2,1-3H3. The maximum Gasteiger partial charge on any atom is 0.239 e. The predicted octanol–water partition coefficient (Wildman–Crippen LogP) is 1.58. The molecule has 1 fully saturated rings. The van der Waals surface area contributed by atoms with Gasteiger partial charge in [-0.05, 0) is 32.4 Å². The van der Waals surface area contributed by atoms with E-state index in [1.165, 1.54) is 5.56 Å². The molecule has 1 heterocycles. The van der Waals surface area contributed by atoms with Crippen LogP contribution in [0.25, 0.3) is 0 Å². The fraction of sp³-hybridized carbons (Fsp3) is 0.533. The number of hydrogen-bond acceptors (Lipinski definition) is 3. The Bertz CT molecular complexity index is 430. The molecule has 0 bridgehead atoms. The van der Waals surface area contributed by atoms with Crippen LogP contribution in [0.15, 0.2) is 24.3 Å². The first-order valence-electron chi connectivity index (χ1n) is 6.77. The molecule has 0 aromatic heterocycles. The Balaban J connectivity index is 1.77. The van der Waals surface area contributed by atoms with Crippen LogP contribution in [0.2, 0.25) is 0 Å². The van der Waals surface area contributed by atoms with Crippen LogP contribution in [0.3, 0.4) is 0 Å². The maximum atomic E-state index is 11.8. The molecule has 2 rings (SSSR count). The lowest BCUT2D eigenvalue weighted by atomic mass is 10.2. The fourth-order valence-corrected chi connectivity index (χ4v) is 2.22. The van der Waals surface area contributed by atoms with Gasteiger partial charge in [-0.25, -0.2) is 0 Å². The average Bonchev–Trinajstić information content (AvgIpc) is 2.70. The predicted molar refractivity (Wildman–Crippen MR) is 75.3 cm³/mol. The lowest BCUT2D eigenvalue weighted by Gasteiger charge is -2.19. The number of aryl methyl sites for hydroxylation is 1. The largest absolute Gasteiger partial charge is 0.492 e. The molecular weight excluding hydrogens is 240 g/mol. The van der Waals surface area contributed by atoms with E-state index in [1.807, 2.05) is 38.2 Å². The minimum atomic E-state index is -0.0541. The molecule has 1 aliphatic rings. The maximum absolute atomic E-state index is 11.8. The molecule has 19 heavy (non-hydrogen) atoms. The lowest BCUT2D eigenvalue weighted by molar-refractivity contribution is -0.128. The van der Waals surface area contributed by atoms with Gasteiger partial charge in [0, 0.05) is 19.6 Å². The number of nitrogens with one attached hydrogen (secondary N) is 1. The molecule has 1 saturated heterocycles. The van der Waals surface area contributed by atoms with Crippen LogP contribution in [-0.4, -0.2) is 43.1 Å². The molecule has 104 valence electrons. The third-order valence-corrected chi connectivity index (χ3v) is 3.43. The topological polar surface area (TPSA) is 41.6 Å². The zero-order valence-electron chi connectivity index (χ0n) is 11.8. The summed E-state index contributed by atoms with van der Waals surface area (Å²) in [6.07, 6.45) is 0.879. The van der Waals surface area contributed by atoms with Gasteiger partial charge in [-0.1, -0.05) is 17.7 Å². The molecule has 4 nitrogen and oxygen atoms in total. The lowest BCUT2D eigenvalue weighted by Crippen LogP contribution is -2.44. The Hall–Kier alpha value is -1.55. The highest BCUT2D eigenvalue weighted by Gasteiger charge is 2.29. The van der Waals surface area contributed by atoms with Crippen LogP contribution in [0.1, 0.15) is 18.9 Å². The van der Waals surface area contributed by atoms with Crippen LogP contribution in [0.5, 0.6) is 5.75 Å². The summed E-state index contributed by atoms with van der Waals surface area (Å²) < 4.78 is 5.71. The Morgan fingerprint density at radius 2 is 2.11 bits per heavy atom. The molecule has 1 amide bonds. The Kier molecular flexibility index (Phi) is 4.43. The third-order valence-electron chi connectivity index (χ3n) is 3.43. The highest BCUT2D eigenvalue weighted by molar-refractivity contribution is 5.83. The second kappa shape index (κ2) is 6.06. The molecule has 1 aromatic rings. The fourth-order valence-electron chi connectivity index (χ4n) is 2.22. The third kappa shape index (κ3) is 3.70. The van der Waals surface area contributed by atoms with Crippen molar-refractivity contribution in [2.24, 2.45) is 0 Å². The van der Waals surface area contributed by atoms with E-state index in [0.29, 0.717) is 6.61 Å². The van der Waals surface area contributed by atoms with E-state index in [4.69, 9.17) is 4.74 Å². The van der Waals surface area contributed by atoms with Gasteiger partial charge in [0.1, 0.15) is 12.4 Å². The van der Waals surface area contributed by atoms with Gasteiger partial charge in [0.25, 0.3) is 0 Å². The van der Waals surface area contributed by atoms with Crippen molar-refractivity contribution in [2.75, 3.05) is 20.2 Å². The highest BCUT2D eigenvalue weighted by atomic mass is 16.5. The van der Waals surface area contributed by atoms with Crippen LogP contribution in [0.4, 0.5) is 0 Å². The number of likely N-dealkylation sites (N-methyl/N-ethyl adjacent to an activating group) is 1. The number of hydrogen-bond donors (Lipinski definition) is 1. The summed E-state index contributed by atoms with van der Waals surface area (Å²) in [6, 6.07) is 8.10.